The number of thiazole rings is 1. The molecule has 0 atom stereocenters. The molecule has 3 heterocycles. The highest BCUT2D eigenvalue weighted by atomic mass is 32.1. The predicted octanol–water partition coefficient (Wildman–Crippen LogP) is 3.29. The highest BCUT2D eigenvalue weighted by molar-refractivity contribution is 7.22. The third-order valence-corrected chi connectivity index (χ3v) is 8.21. The Morgan fingerprint density at radius 1 is 0.974 bits per heavy atom. The van der Waals surface area contributed by atoms with Crippen molar-refractivity contribution in [1.29, 1.82) is 0 Å². The van der Waals surface area contributed by atoms with E-state index in [1.165, 1.54) is 23.5 Å². The van der Waals surface area contributed by atoms with Gasteiger partial charge in [-0.3, -0.25) is 24.6 Å². The maximum atomic E-state index is 12.6. The van der Waals surface area contributed by atoms with E-state index in [2.05, 4.69) is 27.1 Å². The van der Waals surface area contributed by atoms with Crippen LogP contribution in [0.2, 0.25) is 0 Å². The van der Waals surface area contributed by atoms with Gasteiger partial charge in [-0.1, -0.05) is 23.5 Å². The van der Waals surface area contributed by atoms with Crippen LogP contribution in [0.3, 0.4) is 0 Å². The molecule has 2 aliphatic rings. The minimum atomic E-state index is -0.316. The van der Waals surface area contributed by atoms with Crippen LogP contribution in [0.4, 0.5) is 5.13 Å². The lowest BCUT2D eigenvalue weighted by atomic mass is 10.0. The summed E-state index contributed by atoms with van der Waals surface area (Å²) in [5, 5.41) is 3.27. The number of nitrogens with zero attached hydrogens (tertiary/aromatic N) is 4. The molecule has 0 radical (unpaired) electrons. The summed E-state index contributed by atoms with van der Waals surface area (Å²) < 4.78 is 6.55. The number of likely N-dealkylation sites (N-methyl/N-ethyl adjacent to an activating group) is 1. The van der Waals surface area contributed by atoms with E-state index in [0.29, 0.717) is 35.6 Å². The maximum Gasteiger partial charge on any atom is 0.264 e. The zero-order valence-corrected chi connectivity index (χ0v) is 22.9. The van der Waals surface area contributed by atoms with Crippen LogP contribution in [0, 0.1) is 0 Å². The van der Waals surface area contributed by atoms with Crippen molar-refractivity contribution < 1.29 is 19.1 Å². The molecule has 0 aliphatic carbocycles. The van der Waals surface area contributed by atoms with Crippen molar-refractivity contribution in [1.82, 2.24) is 19.7 Å². The van der Waals surface area contributed by atoms with Crippen molar-refractivity contribution >= 4 is 44.3 Å². The highest BCUT2D eigenvalue weighted by Gasteiger charge is 2.27. The minimum absolute atomic E-state index is 0.126. The van der Waals surface area contributed by atoms with E-state index in [1.807, 2.05) is 29.2 Å². The average Bonchev–Trinajstić information content (AvgIpc) is 3.37. The third-order valence-electron chi connectivity index (χ3n) is 7.26. The van der Waals surface area contributed by atoms with E-state index < -0.39 is 0 Å². The molecule has 5 rings (SSSR count). The van der Waals surface area contributed by atoms with Gasteiger partial charge in [0.15, 0.2) is 17.5 Å². The van der Waals surface area contributed by atoms with Gasteiger partial charge in [-0.05, 0) is 62.4 Å². The standard InChI is InChI=1S/C29H33N5O4S/c1-32-16-18-33(19-17-32)22-12-14-34(15-13-22)28(37)11-10-25(35)21-6-8-23(9-7-21)38-20-27(36)31-29-30-24-4-2-3-5-26(24)39-29/h2-11,22H,12-20H2,1H3,(H,30,31,36). The van der Waals surface area contributed by atoms with E-state index in [9.17, 15) is 14.4 Å². The number of rotatable bonds is 8. The van der Waals surface area contributed by atoms with Crippen LogP contribution in [0.5, 0.6) is 5.75 Å². The zero-order chi connectivity index (χ0) is 27.2. The topological polar surface area (TPSA) is 95.1 Å². The second-order valence-corrected chi connectivity index (χ2v) is 11.0. The molecule has 0 bridgehead atoms. The van der Waals surface area contributed by atoms with Gasteiger partial charge in [0.25, 0.3) is 5.91 Å². The first-order valence-electron chi connectivity index (χ1n) is 13.3. The quantitative estimate of drug-likeness (QED) is 0.342. The molecule has 0 unspecified atom stereocenters. The fraction of sp³-hybridized carbons (Fsp3) is 0.379. The highest BCUT2D eigenvalue weighted by Crippen LogP contribution is 2.25. The van der Waals surface area contributed by atoms with Gasteiger partial charge in [-0.15, -0.1) is 0 Å². The van der Waals surface area contributed by atoms with Crippen molar-refractivity contribution in [2.75, 3.05) is 58.2 Å². The van der Waals surface area contributed by atoms with Gasteiger partial charge in [0, 0.05) is 56.9 Å². The first-order valence-corrected chi connectivity index (χ1v) is 14.1. The molecule has 0 saturated carbocycles. The normalized spacial score (nSPS) is 17.5. The summed E-state index contributed by atoms with van der Waals surface area (Å²) in [4.78, 5) is 48.6. The molecule has 2 aromatic carbocycles. The molecule has 39 heavy (non-hydrogen) atoms. The van der Waals surface area contributed by atoms with Crippen molar-refractivity contribution in [3.05, 3.63) is 66.2 Å². The van der Waals surface area contributed by atoms with Gasteiger partial charge in [0.1, 0.15) is 5.75 Å². The smallest absolute Gasteiger partial charge is 0.264 e. The number of carbonyl (C=O) groups excluding carboxylic acids is 3. The number of amides is 2. The number of ketones is 1. The van der Waals surface area contributed by atoms with E-state index >= 15 is 0 Å². The van der Waals surface area contributed by atoms with Crippen molar-refractivity contribution in [3.8, 4) is 5.75 Å². The number of aromatic nitrogens is 1. The number of piperidine rings is 1. The molecule has 204 valence electrons. The Morgan fingerprint density at radius 3 is 2.41 bits per heavy atom. The lowest BCUT2D eigenvalue weighted by Crippen LogP contribution is -2.52. The Morgan fingerprint density at radius 2 is 1.69 bits per heavy atom. The summed E-state index contributed by atoms with van der Waals surface area (Å²) in [5.74, 6) is -0.229. The first-order chi connectivity index (χ1) is 18.9. The summed E-state index contributed by atoms with van der Waals surface area (Å²) in [5.41, 5.74) is 1.28. The van der Waals surface area contributed by atoms with Crippen molar-refractivity contribution in [2.24, 2.45) is 0 Å². The summed E-state index contributed by atoms with van der Waals surface area (Å²) in [6.07, 6.45) is 4.64. The minimum Gasteiger partial charge on any atom is -0.484 e. The largest absolute Gasteiger partial charge is 0.484 e. The molecule has 1 aromatic heterocycles. The number of likely N-dealkylation sites (tertiary alicyclic amines) is 1. The number of para-hydroxylation sites is 1. The number of ether oxygens (including phenoxy) is 1. The number of carbonyl (C=O) groups is 3. The van der Waals surface area contributed by atoms with Gasteiger partial charge < -0.3 is 14.5 Å². The Labute approximate surface area is 232 Å². The molecule has 2 aliphatic heterocycles. The third kappa shape index (κ3) is 7.08. The predicted molar refractivity (Wildman–Crippen MR) is 152 cm³/mol. The van der Waals surface area contributed by atoms with Gasteiger partial charge in [-0.2, -0.15) is 0 Å². The summed E-state index contributed by atoms with van der Waals surface area (Å²) >= 11 is 1.40. The van der Waals surface area contributed by atoms with Crippen LogP contribution < -0.4 is 10.1 Å². The van der Waals surface area contributed by atoms with Gasteiger partial charge in [0.2, 0.25) is 5.91 Å². The molecule has 2 amide bonds. The second kappa shape index (κ2) is 12.5. The van der Waals surface area contributed by atoms with E-state index in [1.54, 1.807) is 24.3 Å². The fourth-order valence-corrected chi connectivity index (χ4v) is 5.81. The Balaban J connectivity index is 1.05. The molecule has 2 saturated heterocycles. The van der Waals surface area contributed by atoms with Gasteiger partial charge in [0.05, 0.1) is 10.2 Å². The van der Waals surface area contributed by atoms with Gasteiger partial charge in [-0.25, -0.2) is 4.98 Å². The van der Waals surface area contributed by atoms with E-state index in [-0.39, 0.29) is 24.2 Å². The number of benzene rings is 2. The van der Waals surface area contributed by atoms with Crippen LogP contribution >= 0.6 is 11.3 Å². The van der Waals surface area contributed by atoms with E-state index in [0.717, 1.165) is 49.2 Å². The number of piperazine rings is 1. The number of allylic oxidation sites excluding steroid dienone is 1. The second-order valence-electron chi connectivity index (χ2n) is 9.94. The molecule has 3 aromatic rings. The Bertz CT molecular complexity index is 1310. The van der Waals surface area contributed by atoms with Crippen molar-refractivity contribution in [2.45, 2.75) is 18.9 Å². The molecule has 2 fully saturated rings. The Hall–Kier alpha value is -3.60. The number of hydrogen-bond donors (Lipinski definition) is 1. The maximum absolute atomic E-state index is 12.6. The SMILES string of the molecule is CN1CCN(C2CCN(C(=O)C=CC(=O)c3ccc(OCC(=O)Nc4nc5ccccc5s4)cc3)CC2)CC1. The number of hydrogen-bond acceptors (Lipinski definition) is 8. The lowest BCUT2D eigenvalue weighted by molar-refractivity contribution is -0.127. The summed E-state index contributed by atoms with van der Waals surface area (Å²) in [6, 6.07) is 14.7. The fourth-order valence-electron chi connectivity index (χ4n) is 4.93. The molecule has 1 N–H and O–H groups in total. The van der Waals surface area contributed by atoms with Crippen molar-refractivity contribution in [3.63, 3.8) is 0 Å². The molecule has 0 spiro atoms. The monoisotopic (exact) mass is 547 g/mol. The summed E-state index contributed by atoms with van der Waals surface area (Å²) in [7, 11) is 2.15. The molecular weight excluding hydrogens is 514 g/mol. The number of anilines is 1. The van der Waals surface area contributed by atoms with E-state index in [4.69, 9.17) is 4.74 Å². The van der Waals surface area contributed by atoms with Crippen LogP contribution in [0.1, 0.15) is 23.2 Å². The van der Waals surface area contributed by atoms with Crippen LogP contribution in [-0.2, 0) is 9.59 Å². The van der Waals surface area contributed by atoms with Crippen LogP contribution in [0.15, 0.2) is 60.7 Å². The van der Waals surface area contributed by atoms with Gasteiger partial charge >= 0.3 is 0 Å². The van der Waals surface area contributed by atoms with Crippen LogP contribution in [0.25, 0.3) is 10.2 Å². The molecule has 10 heteroatoms. The average molecular weight is 548 g/mol. The first kappa shape index (κ1) is 27.0. The lowest BCUT2D eigenvalue weighted by Gasteiger charge is -2.41. The van der Waals surface area contributed by atoms with Crippen LogP contribution in [-0.4, -0.2) is 96.2 Å². The Kier molecular flexibility index (Phi) is 8.65. The zero-order valence-electron chi connectivity index (χ0n) is 22.0. The number of fused-ring (bicyclic) bond motifs is 1. The molecular formula is C29H33N5O4S. The molecule has 9 nitrogen and oxygen atoms in total. The summed E-state index contributed by atoms with van der Waals surface area (Å²) in [6.45, 7) is 5.62. The number of nitrogens with one attached hydrogen (secondary N) is 1.